The molecule has 0 amide bonds. The summed E-state index contributed by atoms with van der Waals surface area (Å²) in [4.78, 5) is 5.35. The Bertz CT molecular complexity index is 311. The summed E-state index contributed by atoms with van der Waals surface area (Å²) in [6.45, 7) is 9.78. The Kier molecular flexibility index (Phi) is 5.54. The van der Waals surface area contributed by atoms with Crippen LogP contribution in [0.2, 0.25) is 0 Å². The van der Waals surface area contributed by atoms with Gasteiger partial charge in [-0.1, -0.05) is 19.8 Å². The van der Waals surface area contributed by atoms with E-state index in [1.807, 2.05) is 0 Å². The van der Waals surface area contributed by atoms with Gasteiger partial charge < -0.3 is 10.5 Å². The quantitative estimate of drug-likeness (QED) is 0.854. The monoisotopic (exact) mass is 295 g/mol. The van der Waals surface area contributed by atoms with E-state index in [9.17, 15) is 0 Å². The molecule has 2 atom stereocenters. The normalized spacial score (nSPS) is 37.7. The Hall–Kier alpha value is -0.160. The molecule has 0 bridgehead atoms. The molecule has 3 fully saturated rings. The fourth-order valence-electron chi connectivity index (χ4n) is 4.62. The maximum Gasteiger partial charge on any atom is 0.0594 e. The largest absolute Gasteiger partial charge is 0.379 e. The summed E-state index contributed by atoms with van der Waals surface area (Å²) in [5, 5.41) is 0. The molecular weight excluding hydrogens is 262 g/mol. The Balaban J connectivity index is 1.53. The second-order valence-electron chi connectivity index (χ2n) is 7.41. The summed E-state index contributed by atoms with van der Waals surface area (Å²) >= 11 is 0. The Morgan fingerprint density at radius 3 is 2.43 bits per heavy atom. The van der Waals surface area contributed by atoms with Crippen molar-refractivity contribution in [3.05, 3.63) is 0 Å². The lowest BCUT2D eigenvalue weighted by Gasteiger charge is -2.38. The van der Waals surface area contributed by atoms with Crippen LogP contribution < -0.4 is 5.73 Å². The number of morpholine rings is 1. The van der Waals surface area contributed by atoms with Crippen molar-refractivity contribution < 1.29 is 4.74 Å². The molecule has 2 aliphatic heterocycles. The fraction of sp³-hybridized carbons (Fsp3) is 1.00. The van der Waals surface area contributed by atoms with Gasteiger partial charge in [-0.2, -0.15) is 0 Å². The zero-order valence-corrected chi connectivity index (χ0v) is 13.7. The van der Waals surface area contributed by atoms with Crippen molar-refractivity contribution in [3.63, 3.8) is 0 Å². The first-order chi connectivity index (χ1) is 10.3. The minimum Gasteiger partial charge on any atom is -0.379 e. The number of hydrogen-bond acceptors (Lipinski definition) is 4. The van der Waals surface area contributed by atoms with Crippen LogP contribution in [0.25, 0.3) is 0 Å². The van der Waals surface area contributed by atoms with E-state index in [-0.39, 0.29) is 0 Å². The van der Waals surface area contributed by atoms with E-state index in [1.54, 1.807) is 0 Å². The topological polar surface area (TPSA) is 41.7 Å². The van der Waals surface area contributed by atoms with E-state index < -0.39 is 0 Å². The van der Waals surface area contributed by atoms with Crippen molar-refractivity contribution in [1.29, 1.82) is 0 Å². The number of nitrogens with two attached hydrogens (primary N) is 1. The van der Waals surface area contributed by atoms with Gasteiger partial charge in [0.05, 0.1) is 13.2 Å². The fourth-order valence-corrected chi connectivity index (χ4v) is 4.62. The van der Waals surface area contributed by atoms with Crippen LogP contribution in [0.5, 0.6) is 0 Å². The van der Waals surface area contributed by atoms with Gasteiger partial charge >= 0.3 is 0 Å². The Labute approximate surface area is 130 Å². The van der Waals surface area contributed by atoms with Gasteiger partial charge in [-0.3, -0.25) is 9.80 Å². The lowest BCUT2D eigenvalue weighted by molar-refractivity contribution is 0.0164. The second kappa shape index (κ2) is 7.40. The first-order valence-corrected chi connectivity index (χ1v) is 9.04. The average Bonchev–Trinajstić information content (AvgIpc) is 3.00. The summed E-state index contributed by atoms with van der Waals surface area (Å²) in [5.74, 6) is 1.77. The molecule has 0 aromatic carbocycles. The van der Waals surface area contributed by atoms with Gasteiger partial charge in [0.25, 0.3) is 0 Å². The van der Waals surface area contributed by atoms with E-state index in [0.29, 0.717) is 6.04 Å². The van der Waals surface area contributed by atoms with Gasteiger partial charge in [-0.05, 0) is 31.1 Å². The maximum atomic E-state index is 6.17. The molecule has 2 saturated heterocycles. The third kappa shape index (κ3) is 3.79. The van der Waals surface area contributed by atoms with Gasteiger partial charge in [0.2, 0.25) is 0 Å². The highest BCUT2D eigenvalue weighted by molar-refractivity contribution is 4.91. The predicted molar refractivity (Wildman–Crippen MR) is 86.3 cm³/mol. The number of nitrogens with zero attached hydrogens (tertiary/aromatic N) is 2. The minimum absolute atomic E-state index is 0.628. The molecule has 2 N–H and O–H groups in total. The molecule has 122 valence electrons. The second-order valence-corrected chi connectivity index (χ2v) is 7.41. The summed E-state index contributed by atoms with van der Waals surface area (Å²) in [5.41, 5.74) is 6.17. The molecule has 1 aliphatic carbocycles. The summed E-state index contributed by atoms with van der Waals surface area (Å²) in [7, 11) is 0. The Morgan fingerprint density at radius 2 is 1.76 bits per heavy atom. The van der Waals surface area contributed by atoms with E-state index >= 15 is 0 Å². The van der Waals surface area contributed by atoms with Crippen LogP contribution in [0.3, 0.4) is 0 Å². The third-order valence-corrected chi connectivity index (χ3v) is 6.07. The molecule has 3 aliphatic rings. The molecule has 0 aromatic heterocycles. The van der Waals surface area contributed by atoms with Crippen LogP contribution in [-0.4, -0.2) is 67.8 Å². The van der Waals surface area contributed by atoms with Gasteiger partial charge in [-0.25, -0.2) is 0 Å². The molecule has 4 nitrogen and oxygen atoms in total. The maximum absolute atomic E-state index is 6.17. The number of rotatable bonds is 4. The molecule has 3 rings (SSSR count). The molecule has 0 spiro atoms. The predicted octanol–water partition coefficient (Wildman–Crippen LogP) is 1.55. The van der Waals surface area contributed by atoms with Crippen LogP contribution in [0.4, 0.5) is 0 Å². The van der Waals surface area contributed by atoms with Crippen LogP contribution in [0.15, 0.2) is 0 Å². The Morgan fingerprint density at radius 1 is 1.05 bits per heavy atom. The van der Waals surface area contributed by atoms with Gasteiger partial charge in [0.1, 0.15) is 0 Å². The van der Waals surface area contributed by atoms with Gasteiger partial charge in [-0.15, -0.1) is 0 Å². The van der Waals surface area contributed by atoms with Gasteiger partial charge in [0, 0.05) is 44.8 Å². The van der Waals surface area contributed by atoms with Crippen molar-refractivity contribution in [2.75, 3.05) is 45.9 Å². The third-order valence-electron chi connectivity index (χ3n) is 6.07. The summed E-state index contributed by atoms with van der Waals surface area (Å²) in [6, 6.07) is 1.37. The van der Waals surface area contributed by atoms with Crippen LogP contribution in [-0.2, 0) is 4.74 Å². The number of likely N-dealkylation sites (tertiary alicyclic amines) is 1. The van der Waals surface area contributed by atoms with Crippen molar-refractivity contribution in [3.8, 4) is 0 Å². The van der Waals surface area contributed by atoms with E-state index in [1.165, 1.54) is 45.2 Å². The zero-order valence-electron chi connectivity index (χ0n) is 13.7. The molecule has 2 heterocycles. The summed E-state index contributed by atoms with van der Waals surface area (Å²) in [6.07, 6.45) is 6.91. The number of hydrogen-bond donors (Lipinski definition) is 1. The van der Waals surface area contributed by atoms with Crippen molar-refractivity contribution in [2.45, 2.75) is 51.1 Å². The molecular formula is C17H33N3O. The summed E-state index contributed by atoms with van der Waals surface area (Å²) < 4.78 is 5.48. The first kappa shape index (κ1) is 15.7. The standard InChI is InChI=1S/C17H33N3O/c1-14-2-4-15(5-3-14)17(12-18)20-7-6-16(13-20)19-8-10-21-11-9-19/h14-17H,2-13,18H2,1H3. The van der Waals surface area contributed by atoms with E-state index in [2.05, 4.69) is 16.7 Å². The number of ether oxygens (including phenoxy) is 1. The molecule has 2 unspecified atom stereocenters. The van der Waals surface area contributed by atoms with Crippen LogP contribution in [0, 0.1) is 11.8 Å². The molecule has 21 heavy (non-hydrogen) atoms. The van der Waals surface area contributed by atoms with Crippen LogP contribution in [0.1, 0.15) is 39.0 Å². The smallest absolute Gasteiger partial charge is 0.0594 e. The highest BCUT2D eigenvalue weighted by Gasteiger charge is 2.35. The SMILES string of the molecule is CC1CCC(C(CN)N2CCC(N3CCOCC3)C2)CC1. The van der Waals surface area contributed by atoms with Crippen molar-refractivity contribution >= 4 is 0 Å². The van der Waals surface area contributed by atoms with E-state index in [0.717, 1.165) is 50.7 Å². The highest BCUT2D eigenvalue weighted by atomic mass is 16.5. The lowest BCUT2D eigenvalue weighted by Crippen LogP contribution is -2.48. The van der Waals surface area contributed by atoms with Gasteiger partial charge in [0.15, 0.2) is 0 Å². The average molecular weight is 295 g/mol. The lowest BCUT2D eigenvalue weighted by atomic mass is 9.79. The molecule has 4 heteroatoms. The molecule has 1 saturated carbocycles. The highest BCUT2D eigenvalue weighted by Crippen LogP contribution is 2.33. The van der Waals surface area contributed by atoms with Crippen molar-refractivity contribution in [1.82, 2.24) is 9.80 Å². The minimum atomic E-state index is 0.628. The first-order valence-electron chi connectivity index (χ1n) is 9.04. The molecule has 0 aromatic rings. The van der Waals surface area contributed by atoms with Crippen LogP contribution >= 0.6 is 0 Å². The zero-order chi connectivity index (χ0) is 14.7. The van der Waals surface area contributed by atoms with Crippen molar-refractivity contribution in [2.24, 2.45) is 17.6 Å². The molecule has 0 radical (unpaired) electrons. The van der Waals surface area contributed by atoms with E-state index in [4.69, 9.17) is 10.5 Å².